The molecule has 0 fully saturated rings. The number of hydrogen-bond donors (Lipinski definition) is 1. The number of pyridine rings is 1. The van der Waals surface area contributed by atoms with Crippen molar-refractivity contribution in [1.82, 2.24) is 4.40 Å². The molecule has 2 heterocycles. The largest absolute Gasteiger partial charge is 0.374 e. The Kier molecular flexibility index (Phi) is 1.70. The maximum Gasteiger partial charge on any atom is 0.115 e. The van der Waals surface area contributed by atoms with Crippen LogP contribution in [-0.4, -0.2) is 11.4 Å². The highest BCUT2D eigenvalue weighted by Crippen LogP contribution is 2.20. The fourth-order valence-electron chi connectivity index (χ4n) is 1.32. The highest BCUT2D eigenvalue weighted by atomic mass is 35.5. The van der Waals surface area contributed by atoms with Gasteiger partial charge in [-0.05, 0) is 24.3 Å². The van der Waals surface area contributed by atoms with E-state index in [0.29, 0.717) is 0 Å². The summed E-state index contributed by atoms with van der Waals surface area (Å²) in [5.74, 6) is 1.00. The number of anilines is 1. The Balaban J connectivity index is 2.84. The number of fused-ring (bicyclic) bond motifs is 1. The Morgan fingerprint density at radius 3 is 2.83 bits per heavy atom. The maximum absolute atomic E-state index is 5.98. The first-order valence-corrected chi connectivity index (χ1v) is 4.14. The van der Waals surface area contributed by atoms with Crippen molar-refractivity contribution in [1.29, 1.82) is 0 Å². The average Bonchev–Trinajstić information content (AvgIpc) is 2.48. The molecule has 2 nitrogen and oxygen atoms in total. The van der Waals surface area contributed by atoms with Crippen molar-refractivity contribution >= 4 is 22.9 Å². The van der Waals surface area contributed by atoms with Gasteiger partial charge < -0.3 is 5.32 Å². The lowest BCUT2D eigenvalue weighted by Gasteiger charge is -2.05. The molecule has 2 aromatic rings. The van der Waals surface area contributed by atoms with Gasteiger partial charge in [0.2, 0.25) is 0 Å². The number of halogens is 1. The van der Waals surface area contributed by atoms with E-state index in [2.05, 4.69) is 5.32 Å². The SMILES string of the molecule is CNc1cccc2ccc(Cl)n12. The van der Waals surface area contributed by atoms with Crippen molar-refractivity contribution in [2.24, 2.45) is 0 Å². The summed E-state index contributed by atoms with van der Waals surface area (Å²) in [6, 6.07) is 9.88. The van der Waals surface area contributed by atoms with Gasteiger partial charge in [0.15, 0.2) is 0 Å². The molecule has 2 aromatic heterocycles. The molecule has 0 spiro atoms. The molecule has 2 rings (SSSR count). The highest BCUT2D eigenvalue weighted by Gasteiger charge is 2.00. The molecule has 0 aliphatic heterocycles. The van der Waals surface area contributed by atoms with Gasteiger partial charge in [0.1, 0.15) is 11.0 Å². The van der Waals surface area contributed by atoms with Crippen LogP contribution >= 0.6 is 11.6 Å². The van der Waals surface area contributed by atoms with Crippen molar-refractivity contribution in [2.75, 3.05) is 12.4 Å². The monoisotopic (exact) mass is 180 g/mol. The maximum atomic E-state index is 5.98. The summed E-state index contributed by atoms with van der Waals surface area (Å²) in [6.45, 7) is 0. The van der Waals surface area contributed by atoms with Crippen LogP contribution in [-0.2, 0) is 0 Å². The van der Waals surface area contributed by atoms with Gasteiger partial charge >= 0.3 is 0 Å². The second kappa shape index (κ2) is 2.72. The zero-order valence-electron chi connectivity index (χ0n) is 6.71. The normalized spacial score (nSPS) is 10.5. The van der Waals surface area contributed by atoms with Gasteiger partial charge in [-0.1, -0.05) is 17.7 Å². The molecule has 12 heavy (non-hydrogen) atoms. The molecule has 0 aromatic carbocycles. The van der Waals surface area contributed by atoms with E-state index in [-0.39, 0.29) is 0 Å². The molecule has 0 saturated carbocycles. The molecule has 1 N–H and O–H groups in total. The van der Waals surface area contributed by atoms with Crippen LogP contribution in [0.1, 0.15) is 0 Å². The predicted molar refractivity (Wildman–Crippen MR) is 52.0 cm³/mol. The van der Waals surface area contributed by atoms with E-state index >= 15 is 0 Å². The first-order valence-electron chi connectivity index (χ1n) is 3.76. The molecule has 0 saturated heterocycles. The van der Waals surface area contributed by atoms with Crippen molar-refractivity contribution in [2.45, 2.75) is 0 Å². The van der Waals surface area contributed by atoms with Crippen LogP contribution in [0.5, 0.6) is 0 Å². The molecule has 3 heteroatoms. The van der Waals surface area contributed by atoms with E-state index in [1.54, 1.807) is 0 Å². The lowest BCUT2D eigenvalue weighted by Crippen LogP contribution is -1.96. The lowest BCUT2D eigenvalue weighted by molar-refractivity contribution is 1.18. The highest BCUT2D eigenvalue weighted by molar-refractivity contribution is 6.30. The summed E-state index contributed by atoms with van der Waals surface area (Å²) in [6.07, 6.45) is 0. The number of nitrogens with zero attached hydrogens (tertiary/aromatic N) is 1. The van der Waals surface area contributed by atoms with Crippen molar-refractivity contribution in [3.63, 3.8) is 0 Å². The van der Waals surface area contributed by atoms with Gasteiger partial charge in [0.05, 0.1) is 0 Å². The molecule has 0 bridgehead atoms. The van der Waals surface area contributed by atoms with Gasteiger partial charge in [-0.3, -0.25) is 4.40 Å². The fourth-order valence-corrected chi connectivity index (χ4v) is 1.57. The summed E-state index contributed by atoms with van der Waals surface area (Å²) < 4.78 is 1.96. The van der Waals surface area contributed by atoms with Crippen molar-refractivity contribution < 1.29 is 0 Å². The van der Waals surface area contributed by atoms with Crippen molar-refractivity contribution in [3.8, 4) is 0 Å². The number of rotatable bonds is 1. The lowest BCUT2D eigenvalue weighted by atomic mass is 10.4. The minimum atomic E-state index is 0.731. The summed E-state index contributed by atoms with van der Waals surface area (Å²) in [7, 11) is 1.88. The van der Waals surface area contributed by atoms with Crippen LogP contribution in [0.4, 0.5) is 5.82 Å². The average molecular weight is 181 g/mol. The number of hydrogen-bond acceptors (Lipinski definition) is 1. The third-order valence-corrected chi connectivity index (χ3v) is 2.18. The van der Waals surface area contributed by atoms with Gasteiger partial charge in [-0.2, -0.15) is 0 Å². The first-order chi connectivity index (χ1) is 5.83. The second-order valence-corrected chi connectivity index (χ2v) is 2.96. The molecule has 0 unspecified atom stereocenters. The molecular weight excluding hydrogens is 172 g/mol. The number of nitrogens with one attached hydrogen (secondary N) is 1. The number of aromatic nitrogens is 1. The third-order valence-electron chi connectivity index (χ3n) is 1.88. The van der Waals surface area contributed by atoms with Gasteiger partial charge in [-0.25, -0.2) is 0 Å². The zero-order valence-corrected chi connectivity index (χ0v) is 7.47. The van der Waals surface area contributed by atoms with Gasteiger partial charge in [-0.15, -0.1) is 0 Å². The summed E-state index contributed by atoms with van der Waals surface area (Å²) in [4.78, 5) is 0. The van der Waals surface area contributed by atoms with Crippen LogP contribution in [0.25, 0.3) is 5.52 Å². The first kappa shape index (κ1) is 7.50. The van der Waals surface area contributed by atoms with Crippen LogP contribution in [0, 0.1) is 0 Å². The van der Waals surface area contributed by atoms with Gasteiger partial charge in [0.25, 0.3) is 0 Å². The Morgan fingerprint density at radius 1 is 1.25 bits per heavy atom. The summed E-state index contributed by atoms with van der Waals surface area (Å²) in [5, 5.41) is 3.81. The van der Waals surface area contributed by atoms with E-state index in [1.165, 1.54) is 0 Å². The molecule has 0 atom stereocenters. The van der Waals surface area contributed by atoms with Crippen LogP contribution < -0.4 is 5.32 Å². The molecule has 0 amide bonds. The van der Waals surface area contributed by atoms with Crippen LogP contribution in [0.15, 0.2) is 30.3 Å². The van der Waals surface area contributed by atoms with E-state index in [4.69, 9.17) is 11.6 Å². The van der Waals surface area contributed by atoms with Crippen LogP contribution in [0.3, 0.4) is 0 Å². The molecular formula is C9H9ClN2. The quantitative estimate of drug-likeness (QED) is 0.714. The summed E-state index contributed by atoms with van der Waals surface area (Å²) >= 11 is 5.98. The second-order valence-electron chi connectivity index (χ2n) is 2.58. The molecule has 0 aliphatic rings. The summed E-state index contributed by atoms with van der Waals surface area (Å²) in [5.41, 5.74) is 1.10. The standard InChI is InChI=1S/C9H9ClN2/c1-11-9-4-2-3-7-5-6-8(10)12(7)9/h2-6,11H,1H3. The fraction of sp³-hybridized carbons (Fsp3) is 0.111. The Bertz CT molecular complexity index is 406. The van der Waals surface area contributed by atoms with Crippen LogP contribution in [0.2, 0.25) is 5.15 Å². The van der Waals surface area contributed by atoms with E-state index in [0.717, 1.165) is 16.5 Å². The van der Waals surface area contributed by atoms with E-state index < -0.39 is 0 Å². The Morgan fingerprint density at radius 2 is 2.08 bits per heavy atom. The molecule has 62 valence electrons. The molecule has 0 aliphatic carbocycles. The van der Waals surface area contributed by atoms with Crippen molar-refractivity contribution in [3.05, 3.63) is 35.5 Å². The predicted octanol–water partition coefficient (Wildman–Crippen LogP) is 2.63. The smallest absolute Gasteiger partial charge is 0.115 e. The third kappa shape index (κ3) is 0.959. The minimum Gasteiger partial charge on any atom is -0.374 e. The topological polar surface area (TPSA) is 16.4 Å². The van der Waals surface area contributed by atoms with Gasteiger partial charge in [0, 0.05) is 12.6 Å². The zero-order chi connectivity index (χ0) is 8.55. The molecule has 0 radical (unpaired) electrons. The Hall–Kier alpha value is -1.15. The Labute approximate surface area is 75.8 Å². The van der Waals surface area contributed by atoms with E-state index in [9.17, 15) is 0 Å². The van der Waals surface area contributed by atoms with E-state index in [1.807, 2.05) is 41.8 Å². The minimum absolute atomic E-state index is 0.731.